The summed E-state index contributed by atoms with van der Waals surface area (Å²) in [6.07, 6.45) is 2.77. The molecule has 0 saturated carbocycles. The Hall–Kier alpha value is -1.35. The van der Waals surface area contributed by atoms with Gasteiger partial charge in [-0.2, -0.15) is 0 Å². The van der Waals surface area contributed by atoms with Crippen LogP contribution in [0, 0.1) is 6.92 Å². The monoisotopic (exact) mass is 290 g/mol. The van der Waals surface area contributed by atoms with Gasteiger partial charge in [-0.15, -0.1) is 0 Å². The summed E-state index contributed by atoms with van der Waals surface area (Å²) in [5, 5.41) is 3.40. The molecule has 0 aliphatic heterocycles. The first-order valence-corrected chi connectivity index (χ1v) is 6.44. The lowest BCUT2D eigenvalue weighted by molar-refractivity contribution is 0.961. The second-order valence-corrected chi connectivity index (χ2v) is 4.93. The van der Waals surface area contributed by atoms with Crippen LogP contribution >= 0.6 is 15.9 Å². The quantitative estimate of drug-likeness (QED) is 0.926. The molecular weight excluding hydrogens is 276 g/mol. The van der Waals surface area contributed by atoms with Gasteiger partial charge in [-0.3, -0.25) is 4.98 Å². The highest BCUT2D eigenvalue weighted by Gasteiger charge is 1.97. The van der Waals surface area contributed by atoms with E-state index in [1.807, 2.05) is 24.4 Å². The van der Waals surface area contributed by atoms with E-state index in [9.17, 15) is 0 Å². The van der Waals surface area contributed by atoms with Crippen LogP contribution in [0.25, 0.3) is 0 Å². The highest BCUT2D eigenvalue weighted by atomic mass is 79.9. The number of hydrogen-bond acceptors (Lipinski definition) is 2. The van der Waals surface area contributed by atoms with Gasteiger partial charge in [-0.1, -0.05) is 22.0 Å². The topological polar surface area (TPSA) is 24.9 Å². The largest absolute Gasteiger partial charge is 0.385 e. The van der Waals surface area contributed by atoms with Crippen molar-refractivity contribution < 1.29 is 0 Å². The van der Waals surface area contributed by atoms with Crippen molar-refractivity contribution in [2.75, 3.05) is 11.9 Å². The predicted molar refractivity (Wildman–Crippen MR) is 75.3 cm³/mol. The summed E-state index contributed by atoms with van der Waals surface area (Å²) in [5.41, 5.74) is 3.51. The van der Waals surface area contributed by atoms with Gasteiger partial charge in [-0.25, -0.2) is 0 Å². The molecule has 1 aromatic carbocycles. The Bertz CT molecular complexity index is 463. The van der Waals surface area contributed by atoms with E-state index in [1.165, 1.54) is 5.56 Å². The molecule has 0 radical (unpaired) electrons. The first-order valence-electron chi connectivity index (χ1n) is 5.65. The van der Waals surface area contributed by atoms with Crippen LogP contribution in [0.15, 0.2) is 47.1 Å². The molecule has 0 aliphatic rings. The molecule has 0 saturated heterocycles. The van der Waals surface area contributed by atoms with Crippen LogP contribution < -0.4 is 5.32 Å². The van der Waals surface area contributed by atoms with Gasteiger partial charge in [-0.05, 0) is 42.8 Å². The smallest absolute Gasteiger partial charge is 0.0421 e. The molecular formula is C14H15BrN2. The van der Waals surface area contributed by atoms with Crippen LogP contribution in [0.1, 0.15) is 11.3 Å². The minimum absolute atomic E-state index is 0.896. The van der Waals surface area contributed by atoms with Crippen molar-refractivity contribution in [1.29, 1.82) is 0 Å². The van der Waals surface area contributed by atoms with Gasteiger partial charge in [0, 0.05) is 35.0 Å². The van der Waals surface area contributed by atoms with E-state index in [0.717, 1.165) is 28.8 Å². The first kappa shape index (κ1) is 12.1. The Morgan fingerprint density at radius 2 is 2.12 bits per heavy atom. The van der Waals surface area contributed by atoms with Crippen molar-refractivity contribution in [3.8, 4) is 0 Å². The van der Waals surface area contributed by atoms with Gasteiger partial charge in [0.1, 0.15) is 0 Å². The SMILES string of the molecule is Cc1cc(Br)cc(NCCc2ccccn2)c1. The summed E-state index contributed by atoms with van der Waals surface area (Å²) in [6, 6.07) is 12.3. The number of rotatable bonds is 4. The van der Waals surface area contributed by atoms with Crippen LogP contribution in [0.3, 0.4) is 0 Å². The molecule has 0 fully saturated rings. The summed E-state index contributed by atoms with van der Waals surface area (Å²) in [6.45, 7) is 2.99. The lowest BCUT2D eigenvalue weighted by atomic mass is 10.2. The average Bonchev–Trinajstić information content (AvgIpc) is 2.29. The van der Waals surface area contributed by atoms with E-state index in [0.29, 0.717) is 0 Å². The number of aryl methyl sites for hydroxylation is 1. The number of hydrogen-bond donors (Lipinski definition) is 1. The molecule has 88 valence electrons. The fourth-order valence-corrected chi connectivity index (χ4v) is 2.33. The molecule has 0 atom stereocenters. The highest BCUT2D eigenvalue weighted by Crippen LogP contribution is 2.18. The lowest BCUT2D eigenvalue weighted by Crippen LogP contribution is -2.05. The number of nitrogens with one attached hydrogen (secondary N) is 1. The van der Waals surface area contributed by atoms with Crippen molar-refractivity contribution in [3.05, 3.63) is 58.3 Å². The molecule has 1 aromatic heterocycles. The number of halogens is 1. The number of nitrogens with zero attached hydrogens (tertiary/aromatic N) is 1. The zero-order valence-corrected chi connectivity index (χ0v) is 11.4. The average molecular weight is 291 g/mol. The molecule has 0 aliphatic carbocycles. The van der Waals surface area contributed by atoms with Crippen molar-refractivity contribution in [2.24, 2.45) is 0 Å². The third-order valence-electron chi connectivity index (χ3n) is 2.48. The van der Waals surface area contributed by atoms with Crippen LogP contribution in [-0.4, -0.2) is 11.5 Å². The Morgan fingerprint density at radius 3 is 2.82 bits per heavy atom. The van der Waals surface area contributed by atoms with E-state index in [-0.39, 0.29) is 0 Å². The van der Waals surface area contributed by atoms with Gasteiger partial charge < -0.3 is 5.32 Å². The van der Waals surface area contributed by atoms with E-state index < -0.39 is 0 Å². The normalized spacial score (nSPS) is 10.2. The standard InChI is InChI=1S/C14H15BrN2/c1-11-8-12(15)10-14(9-11)17-7-5-13-4-2-3-6-16-13/h2-4,6,8-10,17H,5,7H2,1H3. The third kappa shape index (κ3) is 3.86. The maximum absolute atomic E-state index is 4.30. The zero-order chi connectivity index (χ0) is 12.1. The second-order valence-electron chi connectivity index (χ2n) is 4.02. The molecule has 2 aromatic rings. The molecule has 2 nitrogen and oxygen atoms in total. The molecule has 1 N–H and O–H groups in total. The summed E-state index contributed by atoms with van der Waals surface area (Å²) < 4.78 is 1.11. The Morgan fingerprint density at radius 1 is 1.24 bits per heavy atom. The molecule has 17 heavy (non-hydrogen) atoms. The third-order valence-corrected chi connectivity index (χ3v) is 2.94. The van der Waals surface area contributed by atoms with E-state index >= 15 is 0 Å². The molecule has 1 heterocycles. The highest BCUT2D eigenvalue weighted by molar-refractivity contribution is 9.10. The van der Waals surface area contributed by atoms with Crippen molar-refractivity contribution >= 4 is 21.6 Å². The number of aromatic nitrogens is 1. The summed E-state index contributed by atoms with van der Waals surface area (Å²) in [4.78, 5) is 4.30. The molecule has 0 unspecified atom stereocenters. The van der Waals surface area contributed by atoms with Crippen LogP contribution in [0.2, 0.25) is 0 Å². The van der Waals surface area contributed by atoms with Crippen LogP contribution in [-0.2, 0) is 6.42 Å². The minimum Gasteiger partial charge on any atom is -0.385 e. The van der Waals surface area contributed by atoms with E-state index in [4.69, 9.17) is 0 Å². The lowest BCUT2D eigenvalue weighted by Gasteiger charge is -2.07. The zero-order valence-electron chi connectivity index (χ0n) is 9.78. The summed E-state index contributed by atoms with van der Waals surface area (Å²) in [7, 11) is 0. The van der Waals surface area contributed by atoms with Crippen LogP contribution in [0.5, 0.6) is 0 Å². The van der Waals surface area contributed by atoms with E-state index in [2.05, 4.69) is 51.4 Å². The van der Waals surface area contributed by atoms with E-state index in [1.54, 1.807) is 0 Å². The number of pyridine rings is 1. The Kier molecular flexibility index (Phi) is 4.15. The number of benzene rings is 1. The van der Waals surface area contributed by atoms with Crippen molar-refractivity contribution in [2.45, 2.75) is 13.3 Å². The molecule has 0 amide bonds. The maximum atomic E-state index is 4.30. The first-order chi connectivity index (χ1) is 8.24. The fraction of sp³-hybridized carbons (Fsp3) is 0.214. The van der Waals surface area contributed by atoms with Gasteiger partial charge in [0.15, 0.2) is 0 Å². The predicted octanol–water partition coefficient (Wildman–Crippen LogP) is 3.81. The van der Waals surface area contributed by atoms with Crippen molar-refractivity contribution in [1.82, 2.24) is 4.98 Å². The Balaban J connectivity index is 1.90. The van der Waals surface area contributed by atoms with Gasteiger partial charge in [0.25, 0.3) is 0 Å². The molecule has 0 bridgehead atoms. The molecule has 3 heteroatoms. The summed E-state index contributed by atoms with van der Waals surface area (Å²) in [5.74, 6) is 0. The molecule has 2 rings (SSSR count). The minimum atomic E-state index is 0.896. The fourth-order valence-electron chi connectivity index (χ4n) is 1.72. The van der Waals surface area contributed by atoms with Gasteiger partial charge >= 0.3 is 0 Å². The summed E-state index contributed by atoms with van der Waals surface area (Å²) >= 11 is 3.50. The second kappa shape index (κ2) is 5.82. The van der Waals surface area contributed by atoms with Crippen LogP contribution in [0.4, 0.5) is 5.69 Å². The van der Waals surface area contributed by atoms with Crippen molar-refractivity contribution in [3.63, 3.8) is 0 Å². The maximum Gasteiger partial charge on any atom is 0.0421 e. The number of anilines is 1. The van der Waals surface area contributed by atoms with Gasteiger partial charge in [0.05, 0.1) is 0 Å². The molecule has 0 spiro atoms. The van der Waals surface area contributed by atoms with Gasteiger partial charge in [0.2, 0.25) is 0 Å². The Labute approximate surface area is 110 Å².